The number of rotatable bonds is 9. The molecule has 0 radical (unpaired) electrons. The van der Waals surface area contributed by atoms with E-state index in [9.17, 15) is 19.2 Å². The summed E-state index contributed by atoms with van der Waals surface area (Å²) in [6, 6.07) is 12.5. The van der Waals surface area contributed by atoms with Crippen molar-refractivity contribution in [2.45, 2.75) is 39.2 Å². The summed E-state index contributed by atoms with van der Waals surface area (Å²) < 4.78 is 11.2. The predicted octanol–water partition coefficient (Wildman–Crippen LogP) is 3.54. The van der Waals surface area contributed by atoms with Crippen LogP contribution in [0.4, 0.5) is 0 Å². The van der Waals surface area contributed by atoms with E-state index in [1.807, 2.05) is 36.4 Å². The quantitative estimate of drug-likeness (QED) is 0.241. The first-order valence-electron chi connectivity index (χ1n) is 11.6. The van der Waals surface area contributed by atoms with Gasteiger partial charge >= 0.3 is 11.6 Å². The Morgan fingerprint density at radius 1 is 1.06 bits per heavy atom. The molecule has 0 saturated carbocycles. The topological polar surface area (TPSA) is 139 Å². The van der Waals surface area contributed by atoms with Gasteiger partial charge in [-0.3, -0.25) is 14.4 Å². The summed E-state index contributed by atoms with van der Waals surface area (Å²) in [5, 5.41) is 15.4. The number of aliphatic carboxylic acids is 1. The number of furan rings is 1. The third kappa shape index (κ3) is 5.30. The highest BCUT2D eigenvalue weighted by atomic mass is 16.4. The molecule has 0 aliphatic carbocycles. The minimum atomic E-state index is -0.944. The molecule has 9 nitrogen and oxygen atoms in total. The van der Waals surface area contributed by atoms with Gasteiger partial charge in [-0.2, -0.15) is 0 Å². The number of fused-ring (bicyclic) bond motifs is 2. The third-order valence-corrected chi connectivity index (χ3v) is 6.04. The Bertz CT molecular complexity index is 1500. The fourth-order valence-corrected chi connectivity index (χ4v) is 4.08. The van der Waals surface area contributed by atoms with Crippen molar-refractivity contribution >= 4 is 39.7 Å². The molecule has 3 N–H and O–H groups in total. The Kier molecular flexibility index (Phi) is 7.19. The molecule has 4 aromatic rings. The van der Waals surface area contributed by atoms with Gasteiger partial charge < -0.3 is 24.6 Å². The molecule has 2 heterocycles. The van der Waals surface area contributed by atoms with Crippen LogP contribution in [0.25, 0.3) is 33.1 Å². The molecule has 36 heavy (non-hydrogen) atoms. The van der Waals surface area contributed by atoms with Crippen molar-refractivity contribution in [2.24, 2.45) is 0 Å². The molecule has 9 heteroatoms. The lowest BCUT2D eigenvalue weighted by atomic mass is 9.99. The number of carbonyl (C=O) groups excluding carboxylic acids is 2. The SMILES string of the molecule is Cc1c(CC(=O)NC(C)C(=O)NCCCC(=O)O)c(=O)oc2cc3occ(-c4ccccc4)c3cc12. The minimum Gasteiger partial charge on any atom is -0.481 e. The number of carboxylic acids is 1. The van der Waals surface area contributed by atoms with Crippen LogP contribution in [0, 0.1) is 6.92 Å². The predicted molar refractivity (Wildman–Crippen MR) is 134 cm³/mol. The lowest BCUT2D eigenvalue weighted by molar-refractivity contribution is -0.137. The summed E-state index contributed by atoms with van der Waals surface area (Å²) in [5.74, 6) is -1.89. The molecule has 2 aromatic carbocycles. The van der Waals surface area contributed by atoms with Gasteiger partial charge in [0, 0.05) is 35.4 Å². The van der Waals surface area contributed by atoms with E-state index in [4.69, 9.17) is 13.9 Å². The number of carbonyl (C=O) groups is 3. The zero-order chi connectivity index (χ0) is 25.8. The lowest BCUT2D eigenvalue weighted by Crippen LogP contribution is -2.45. The van der Waals surface area contributed by atoms with Crippen molar-refractivity contribution in [2.75, 3.05) is 6.54 Å². The van der Waals surface area contributed by atoms with E-state index in [0.717, 1.165) is 16.5 Å². The third-order valence-electron chi connectivity index (χ3n) is 6.04. The molecule has 0 saturated heterocycles. The van der Waals surface area contributed by atoms with Crippen molar-refractivity contribution in [3.05, 3.63) is 70.3 Å². The molecule has 0 bridgehead atoms. The molecule has 0 aliphatic heterocycles. The fraction of sp³-hybridized carbons (Fsp3) is 0.259. The van der Waals surface area contributed by atoms with Crippen LogP contribution in [0.1, 0.15) is 30.9 Å². The first kappa shape index (κ1) is 24.7. The van der Waals surface area contributed by atoms with E-state index in [-0.39, 0.29) is 31.4 Å². The van der Waals surface area contributed by atoms with Crippen molar-refractivity contribution in [1.82, 2.24) is 10.6 Å². The zero-order valence-corrected chi connectivity index (χ0v) is 19.9. The van der Waals surface area contributed by atoms with E-state index in [1.54, 1.807) is 19.3 Å². The molecule has 1 atom stereocenters. The van der Waals surface area contributed by atoms with E-state index in [1.165, 1.54) is 6.92 Å². The van der Waals surface area contributed by atoms with Gasteiger partial charge in [-0.05, 0) is 37.5 Å². The Labute approximate surface area is 206 Å². The highest BCUT2D eigenvalue weighted by Gasteiger charge is 2.20. The fourth-order valence-electron chi connectivity index (χ4n) is 4.08. The molecule has 4 rings (SSSR count). The molecule has 0 fully saturated rings. The molecule has 0 spiro atoms. The Morgan fingerprint density at radius 2 is 1.81 bits per heavy atom. The average molecular weight is 491 g/mol. The second-order valence-corrected chi connectivity index (χ2v) is 8.61. The van der Waals surface area contributed by atoms with Crippen molar-refractivity contribution < 1.29 is 28.3 Å². The maximum atomic E-state index is 12.7. The van der Waals surface area contributed by atoms with Gasteiger partial charge in [-0.25, -0.2) is 4.79 Å². The number of carboxylic acid groups (broad SMARTS) is 1. The molecular formula is C27H26N2O7. The van der Waals surface area contributed by atoms with Gasteiger partial charge in [0.15, 0.2) is 0 Å². The number of aryl methyl sites for hydroxylation is 1. The normalized spacial score (nSPS) is 11.9. The van der Waals surface area contributed by atoms with Gasteiger partial charge in [0.2, 0.25) is 11.8 Å². The van der Waals surface area contributed by atoms with Gasteiger partial charge in [-0.1, -0.05) is 30.3 Å². The van der Waals surface area contributed by atoms with Crippen molar-refractivity contribution in [3.8, 4) is 11.1 Å². The van der Waals surface area contributed by atoms with Gasteiger partial charge in [0.1, 0.15) is 17.2 Å². The van der Waals surface area contributed by atoms with Gasteiger partial charge in [0.25, 0.3) is 0 Å². The molecule has 186 valence electrons. The highest BCUT2D eigenvalue weighted by Crippen LogP contribution is 2.34. The van der Waals surface area contributed by atoms with E-state index >= 15 is 0 Å². The van der Waals surface area contributed by atoms with Crippen LogP contribution < -0.4 is 16.3 Å². The number of hydrogen-bond acceptors (Lipinski definition) is 6. The monoisotopic (exact) mass is 490 g/mol. The maximum absolute atomic E-state index is 12.7. The summed E-state index contributed by atoms with van der Waals surface area (Å²) in [6.07, 6.45) is 1.63. The summed E-state index contributed by atoms with van der Waals surface area (Å²) >= 11 is 0. The number of hydrogen-bond donors (Lipinski definition) is 3. The Balaban J connectivity index is 1.54. The first-order valence-corrected chi connectivity index (χ1v) is 11.6. The van der Waals surface area contributed by atoms with E-state index in [0.29, 0.717) is 22.1 Å². The summed E-state index contributed by atoms with van der Waals surface area (Å²) in [5.41, 5.74) is 3.02. The van der Waals surface area contributed by atoms with Crippen LogP contribution >= 0.6 is 0 Å². The smallest absolute Gasteiger partial charge is 0.340 e. The van der Waals surface area contributed by atoms with Crippen LogP contribution in [0.2, 0.25) is 0 Å². The number of benzene rings is 2. The lowest BCUT2D eigenvalue weighted by Gasteiger charge is -2.14. The van der Waals surface area contributed by atoms with Gasteiger partial charge in [-0.15, -0.1) is 0 Å². The van der Waals surface area contributed by atoms with Crippen LogP contribution in [-0.2, 0) is 20.8 Å². The molecule has 0 aliphatic rings. The molecular weight excluding hydrogens is 464 g/mol. The average Bonchev–Trinajstić information content (AvgIpc) is 3.26. The zero-order valence-electron chi connectivity index (χ0n) is 19.9. The summed E-state index contributed by atoms with van der Waals surface area (Å²) in [6.45, 7) is 3.46. The van der Waals surface area contributed by atoms with Crippen LogP contribution in [0.5, 0.6) is 0 Å². The van der Waals surface area contributed by atoms with Crippen LogP contribution in [-0.4, -0.2) is 35.5 Å². The summed E-state index contributed by atoms with van der Waals surface area (Å²) in [4.78, 5) is 48.1. The Morgan fingerprint density at radius 3 is 2.53 bits per heavy atom. The minimum absolute atomic E-state index is 0.0595. The van der Waals surface area contributed by atoms with E-state index < -0.39 is 29.5 Å². The van der Waals surface area contributed by atoms with E-state index in [2.05, 4.69) is 10.6 Å². The number of nitrogens with one attached hydrogen (secondary N) is 2. The first-order chi connectivity index (χ1) is 17.2. The second-order valence-electron chi connectivity index (χ2n) is 8.61. The van der Waals surface area contributed by atoms with Crippen molar-refractivity contribution in [1.29, 1.82) is 0 Å². The molecule has 2 amide bonds. The number of amides is 2. The highest BCUT2D eigenvalue weighted by molar-refractivity contribution is 6.02. The largest absolute Gasteiger partial charge is 0.481 e. The van der Waals surface area contributed by atoms with Gasteiger partial charge in [0.05, 0.1) is 18.2 Å². The maximum Gasteiger partial charge on any atom is 0.340 e. The molecule has 1 unspecified atom stereocenters. The van der Waals surface area contributed by atoms with Crippen molar-refractivity contribution in [3.63, 3.8) is 0 Å². The second kappa shape index (κ2) is 10.5. The summed E-state index contributed by atoms with van der Waals surface area (Å²) in [7, 11) is 0. The standard InChI is InChI=1S/C27H26N2O7/c1-15-18-11-20-21(17-7-4-3-5-8-17)14-35-22(20)13-23(18)36-27(34)19(15)12-24(30)29-16(2)26(33)28-10-6-9-25(31)32/h3-5,7-8,11,13-14,16H,6,9-10,12H2,1-2H3,(H,28,33)(H,29,30)(H,31,32). The Hall–Kier alpha value is -4.40. The van der Waals surface area contributed by atoms with Crippen LogP contribution in [0.15, 0.2) is 62.4 Å². The molecule has 2 aromatic heterocycles. The van der Waals surface area contributed by atoms with Crippen LogP contribution in [0.3, 0.4) is 0 Å².